The second kappa shape index (κ2) is 5.63. The number of rotatable bonds is 2. The molecule has 104 valence electrons. The summed E-state index contributed by atoms with van der Waals surface area (Å²) in [5.41, 5.74) is 2.25. The van der Waals surface area contributed by atoms with E-state index in [1.165, 1.54) is 38.8 Å². The standard InChI is InChI=1S/C15H20BrClN2/c1-10-7-13(16)15(9-14(10)17)18-11-4-6-19-5-2-3-12(19)8-11/h7,9,11-12,18H,2-6,8H2,1H3. The van der Waals surface area contributed by atoms with Crippen LogP contribution in [0.4, 0.5) is 5.69 Å². The zero-order chi connectivity index (χ0) is 13.4. The lowest BCUT2D eigenvalue weighted by Gasteiger charge is -2.35. The van der Waals surface area contributed by atoms with E-state index in [0.717, 1.165) is 26.8 Å². The molecule has 4 heteroatoms. The van der Waals surface area contributed by atoms with Crippen LogP contribution < -0.4 is 5.32 Å². The minimum Gasteiger partial charge on any atom is -0.381 e. The number of fused-ring (bicyclic) bond motifs is 1. The van der Waals surface area contributed by atoms with Gasteiger partial charge in [0.05, 0.1) is 5.69 Å². The molecule has 1 aromatic rings. The second-order valence-corrected chi connectivity index (χ2v) is 7.04. The highest BCUT2D eigenvalue weighted by Gasteiger charge is 2.31. The smallest absolute Gasteiger partial charge is 0.0501 e. The first-order valence-electron chi connectivity index (χ1n) is 7.09. The predicted molar refractivity (Wildman–Crippen MR) is 85.1 cm³/mol. The Morgan fingerprint density at radius 3 is 3.00 bits per heavy atom. The summed E-state index contributed by atoms with van der Waals surface area (Å²) in [6.45, 7) is 4.57. The molecule has 19 heavy (non-hydrogen) atoms. The summed E-state index contributed by atoms with van der Waals surface area (Å²) in [6, 6.07) is 5.51. The van der Waals surface area contributed by atoms with Crippen LogP contribution in [0, 0.1) is 6.92 Å². The van der Waals surface area contributed by atoms with Gasteiger partial charge < -0.3 is 10.2 Å². The van der Waals surface area contributed by atoms with Crippen molar-refractivity contribution in [3.8, 4) is 0 Å². The summed E-state index contributed by atoms with van der Waals surface area (Å²) in [7, 11) is 0. The van der Waals surface area contributed by atoms with Crippen molar-refractivity contribution in [3.63, 3.8) is 0 Å². The number of piperidine rings is 1. The topological polar surface area (TPSA) is 15.3 Å². The molecule has 2 saturated heterocycles. The molecule has 0 spiro atoms. The minimum atomic E-state index is 0.578. The average Bonchev–Trinajstić information content (AvgIpc) is 2.83. The first-order chi connectivity index (χ1) is 9.13. The lowest BCUT2D eigenvalue weighted by Crippen LogP contribution is -2.42. The average molecular weight is 344 g/mol. The summed E-state index contributed by atoms with van der Waals surface area (Å²) < 4.78 is 1.11. The third-order valence-corrected chi connectivity index (χ3v) is 5.49. The van der Waals surface area contributed by atoms with E-state index in [1.54, 1.807) is 0 Å². The van der Waals surface area contributed by atoms with E-state index in [9.17, 15) is 0 Å². The van der Waals surface area contributed by atoms with Crippen LogP contribution in [0.15, 0.2) is 16.6 Å². The molecule has 1 aromatic carbocycles. The molecule has 2 fully saturated rings. The van der Waals surface area contributed by atoms with Gasteiger partial charge >= 0.3 is 0 Å². The van der Waals surface area contributed by atoms with Crippen LogP contribution in [0.3, 0.4) is 0 Å². The molecule has 2 heterocycles. The zero-order valence-corrected chi connectivity index (χ0v) is 13.6. The van der Waals surface area contributed by atoms with Crippen molar-refractivity contribution in [2.24, 2.45) is 0 Å². The highest BCUT2D eigenvalue weighted by molar-refractivity contribution is 9.10. The molecule has 0 aromatic heterocycles. The van der Waals surface area contributed by atoms with E-state index >= 15 is 0 Å². The summed E-state index contributed by atoms with van der Waals surface area (Å²) in [6.07, 6.45) is 5.23. The number of benzene rings is 1. The molecular weight excluding hydrogens is 324 g/mol. The Morgan fingerprint density at radius 1 is 1.32 bits per heavy atom. The summed E-state index contributed by atoms with van der Waals surface area (Å²) in [4.78, 5) is 2.65. The second-order valence-electron chi connectivity index (χ2n) is 5.78. The molecule has 3 rings (SSSR count). The molecule has 2 nitrogen and oxygen atoms in total. The first kappa shape index (κ1) is 13.7. The number of hydrogen-bond donors (Lipinski definition) is 1. The first-order valence-corrected chi connectivity index (χ1v) is 8.27. The van der Waals surface area contributed by atoms with Gasteiger partial charge in [-0.2, -0.15) is 0 Å². The Balaban J connectivity index is 1.70. The van der Waals surface area contributed by atoms with E-state index in [-0.39, 0.29) is 0 Å². The van der Waals surface area contributed by atoms with Crippen LogP contribution in [0.2, 0.25) is 5.02 Å². The van der Waals surface area contributed by atoms with Crippen molar-refractivity contribution in [2.75, 3.05) is 18.4 Å². The molecule has 2 aliphatic rings. The van der Waals surface area contributed by atoms with Gasteiger partial charge in [0.25, 0.3) is 0 Å². The lowest BCUT2D eigenvalue weighted by atomic mass is 9.97. The van der Waals surface area contributed by atoms with Crippen molar-refractivity contribution in [2.45, 2.75) is 44.7 Å². The number of anilines is 1. The maximum atomic E-state index is 6.22. The Kier molecular flexibility index (Phi) is 4.06. The molecule has 0 amide bonds. The van der Waals surface area contributed by atoms with Gasteiger partial charge in [-0.15, -0.1) is 0 Å². The highest BCUT2D eigenvalue weighted by atomic mass is 79.9. The fourth-order valence-corrected chi connectivity index (χ4v) is 4.07. The quantitative estimate of drug-likeness (QED) is 0.853. The van der Waals surface area contributed by atoms with Gasteiger partial charge in [0.2, 0.25) is 0 Å². The Morgan fingerprint density at radius 2 is 2.16 bits per heavy atom. The van der Waals surface area contributed by atoms with Crippen molar-refractivity contribution >= 4 is 33.2 Å². The van der Waals surface area contributed by atoms with Crippen LogP contribution in [0.25, 0.3) is 0 Å². The van der Waals surface area contributed by atoms with E-state index in [0.29, 0.717) is 6.04 Å². The third-order valence-electron chi connectivity index (χ3n) is 4.43. The van der Waals surface area contributed by atoms with E-state index in [2.05, 4.69) is 32.2 Å². The third kappa shape index (κ3) is 2.93. The molecule has 0 saturated carbocycles. The van der Waals surface area contributed by atoms with Crippen LogP contribution in [-0.4, -0.2) is 30.1 Å². The molecule has 0 aliphatic carbocycles. The van der Waals surface area contributed by atoms with Crippen molar-refractivity contribution in [3.05, 3.63) is 27.2 Å². The zero-order valence-electron chi connectivity index (χ0n) is 11.3. The number of hydrogen-bond acceptors (Lipinski definition) is 2. The maximum absolute atomic E-state index is 6.22. The van der Waals surface area contributed by atoms with Gasteiger partial charge in [-0.25, -0.2) is 0 Å². The molecule has 0 bridgehead atoms. The SMILES string of the molecule is Cc1cc(Br)c(NC2CCN3CCCC3C2)cc1Cl. The number of nitrogens with one attached hydrogen (secondary N) is 1. The fourth-order valence-electron chi connectivity index (χ4n) is 3.33. The molecule has 1 N–H and O–H groups in total. The Hall–Kier alpha value is -0.250. The summed E-state index contributed by atoms with van der Waals surface area (Å²) in [5, 5.41) is 4.51. The van der Waals surface area contributed by atoms with Gasteiger partial charge in [-0.3, -0.25) is 0 Å². The minimum absolute atomic E-state index is 0.578. The van der Waals surface area contributed by atoms with Crippen molar-refractivity contribution in [1.82, 2.24) is 4.90 Å². The van der Waals surface area contributed by atoms with Gasteiger partial charge in [-0.1, -0.05) is 11.6 Å². The summed E-state index contributed by atoms with van der Waals surface area (Å²) >= 11 is 9.86. The maximum Gasteiger partial charge on any atom is 0.0501 e. The van der Waals surface area contributed by atoms with Crippen LogP contribution in [0.1, 0.15) is 31.2 Å². The van der Waals surface area contributed by atoms with E-state index in [1.807, 2.05) is 13.0 Å². The van der Waals surface area contributed by atoms with E-state index < -0.39 is 0 Å². The molecule has 2 unspecified atom stereocenters. The molecule has 0 radical (unpaired) electrons. The number of halogens is 2. The van der Waals surface area contributed by atoms with E-state index in [4.69, 9.17) is 11.6 Å². The van der Waals surface area contributed by atoms with Gasteiger partial charge in [0, 0.05) is 28.1 Å². The molecule has 2 atom stereocenters. The van der Waals surface area contributed by atoms with Gasteiger partial charge in [0.15, 0.2) is 0 Å². The largest absolute Gasteiger partial charge is 0.381 e. The number of aryl methyl sites for hydroxylation is 1. The highest BCUT2D eigenvalue weighted by Crippen LogP contribution is 2.33. The molecular formula is C15H20BrClN2. The van der Waals surface area contributed by atoms with Crippen molar-refractivity contribution in [1.29, 1.82) is 0 Å². The Bertz CT molecular complexity index is 477. The Labute approximate surface area is 128 Å². The fraction of sp³-hybridized carbons (Fsp3) is 0.600. The monoisotopic (exact) mass is 342 g/mol. The lowest BCUT2D eigenvalue weighted by molar-refractivity contribution is 0.188. The van der Waals surface area contributed by atoms with Crippen LogP contribution in [0.5, 0.6) is 0 Å². The number of nitrogens with zero attached hydrogens (tertiary/aromatic N) is 1. The van der Waals surface area contributed by atoms with Gasteiger partial charge in [0.1, 0.15) is 0 Å². The molecule has 2 aliphatic heterocycles. The van der Waals surface area contributed by atoms with Crippen LogP contribution >= 0.6 is 27.5 Å². The normalized spacial score (nSPS) is 27.3. The summed E-state index contributed by atoms with van der Waals surface area (Å²) in [5.74, 6) is 0. The van der Waals surface area contributed by atoms with Gasteiger partial charge in [-0.05, 0) is 72.8 Å². The van der Waals surface area contributed by atoms with Crippen LogP contribution in [-0.2, 0) is 0 Å². The van der Waals surface area contributed by atoms with Crippen molar-refractivity contribution < 1.29 is 0 Å². The predicted octanol–water partition coefficient (Wildman–Crippen LogP) is 4.45.